The molecule has 1 amide bonds. The summed E-state index contributed by atoms with van der Waals surface area (Å²) in [5, 5.41) is 3.00. The lowest BCUT2D eigenvalue weighted by Gasteiger charge is -2.09. The summed E-state index contributed by atoms with van der Waals surface area (Å²) in [5.74, 6) is -1.13. The topological polar surface area (TPSA) is 81.4 Å². The van der Waals surface area contributed by atoms with Crippen LogP contribution < -0.4 is 11.1 Å². The molecule has 0 heterocycles. The number of benzene rings is 2. The van der Waals surface area contributed by atoms with Crippen LogP contribution in [0, 0.1) is 6.92 Å². The van der Waals surface area contributed by atoms with E-state index in [1.807, 2.05) is 13.0 Å². The van der Waals surface area contributed by atoms with Gasteiger partial charge in [-0.05, 0) is 36.8 Å². The normalized spacial score (nSPS) is 10.1. The van der Waals surface area contributed by atoms with Crippen molar-refractivity contribution in [2.24, 2.45) is 0 Å². The molecule has 2 aromatic rings. The molecule has 0 aliphatic carbocycles. The van der Waals surface area contributed by atoms with E-state index in [1.54, 1.807) is 30.3 Å². The number of amides is 1. The summed E-state index contributed by atoms with van der Waals surface area (Å²) in [5.41, 5.74) is 7.64. The van der Waals surface area contributed by atoms with Gasteiger partial charge in [0.2, 0.25) is 0 Å². The molecule has 0 saturated carbocycles. The first-order valence-corrected chi connectivity index (χ1v) is 6.93. The molecule has 0 unspecified atom stereocenters. The number of esters is 1. The molecule has 0 radical (unpaired) electrons. The van der Waals surface area contributed by atoms with E-state index >= 15 is 0 Å². The minimum absolute atomic E-state index is 0.226. The maximum absolute atomic E-state index is 11.8. The Bertz CT molecular complexity index is 716. The van der Waals surface area contributed by atoms with Gasteiger partial charge in [0.25, 0.3) is 5.91 Å². The van der Waals surface area contributed by atoms with E-state index in [0.29, 0.717) is 16.4 Å². The number of para-hydroxylation sites is 1. The Labute approximate surface area is 133 Å². The van der Waals surface area contributed by atoms with E-state index in [4.69, 9.17) is 22.1 Å². The van der Waals surface area contributed by atoms with Crippen molar-refractivity contribution in [3.05, 3.63) is 58.6 Å². The third-order valence-electron chi connectivity index (χ3n) is 2.91. The third kappa shape index (κ3) is 3.99. The number of nitrogen functional groups attached to an aromatic ring is 1. The highest BCUT2D eigenvalue weighted by atomic mass is 35.5. The van der Waals surface area contributed by atoms with Crippen molar-refractivity contribution in [2.45, 2.75) is 6.92 Å². The van der Waals surface area contributed by atoms with Crippen LogP contribution in [0.1, 0.15) is 15.9 Å². The first-order valence-electron chi connectivity index (χ1n) is 6.55. The third-order valence-corrected chi connectivity index (χ3v) is 3.23. The Kier molecular flexibility index (Phi) is 5.01. The van der Waals surface area contributed by atoms with Crippen molar-refractivity contribution in [3.8, 4) is 0 Å². The van der Waals surface area contributed by atoms with Crippen molar-refractivity contribution < 1.29 is 14.3 Å². The molecule has 0 atom stereocenters. The average molecular weight is 319 g/mol. The maximum Gasteiger partial charge on any atom is 0.340 e. The number of hydrogen-bond donors (Lipinski definition) is 2. The van der Waals surface area contributed by atoms with Crippen LogP contribution >= 0.6 is 11.6 Å². The summed E-state index contributed by atoms with van der Waals surface area (Å²) in [4.78, 5) is 23.6. The van der Waals surface area contributed by atoms with Gasteiger partial charge in [-0.3, -0.25) is 4.79 Å². The Morgan fingerprint density at radius 2 is 1.95 bits per heavy atom. The minimum atomic E-state index is -0.650. The summed E-state index contributed by atoms with van der Waals surface area (Å²) in [7, 11) is 0. The van der Waals surface area contributed by atoms with Gasteiger partial charge in [-0.15, -0.1) is 0 Å². The highest BCUT2D eigenvalue weighted by molar-refractivity contribution is 6.33. The quantitative estimate of drug-likeness (QED) is 0.670. The predicted octanol–water partition coefficient (Wildman–Crippen LogP) is 3.03. The fourth-order valence-electron chi connectivity index (χ4n) is 1.80. The van der Waals surface area contributed by atoms with E-state index in [9.17, 15) is 9.59 Å². The van der Waals surface area contributed by atoms with Gasteiger partial charge in [-0.25, -0.2) is 4.79 Å². The molecule has 114 valence electrons. The molecule has 0 aliphatic heterocycles. The maximum atomic E-state index is 11.8. The van der Waals surface area contributed by atoms with E-state index in [-0.39, 0.29) is 5.56 Å². The lowest BCUT2D eigenvalue weighted by Crippen LogP contribution is -2.21. The molecule has 3 N–H and O–H groups in total. The first kappa shape index (κ1) is 15.9. The summed E-state index contributed by atoms with van der Waals surface area (Å²) in [6, 6.07) is 11.7. The smallest absolute Gasteiger partial charge is 0.340 e. The summed E-state index contributed by atoms with van der Waals surface area (Å²) >= 11 is 6.01. The molecule has 22 heavy (non-hydrogen) atoms. The van der Waals surface area contributed by atoms with Crippen LogP contribution in [0.5, 0.6) is 0 Å². The molecular formula is C16H15ClN2O3. The number of carbonyl (C=O) groups is 2. The second-order valence-electron chi connectivity index (χ2n) is 4.69. The number of ether oxygens (including phenoxy) is 1. The fraction of sp³-hybridized carbons (Fsp3) is 0.125. The summed E-state index contributed by atoms with van der Waals surface area (Å²) < 4.78 is 4.93. The van der Waals surface area contributed by atoms with Gasteiger partial charge in [-0.1, -0.05) is 29.8 Å². The van der Waals surface area contributed by atoms with Gasteiger partial charge in [0.05, 0.1) is 16.3 Å². The van der Waals surface area contributed by atoms with Crippen molar-refractivity contribution in [3.63, 3.8) is 0 Å². The minimum Gasteiger partial charge on any atom is -0.452 e. The molecule has 0 bridgehead atoms. The summed E-state index contributed by atoms with van der Waals surface area (Å²) in [6.07, 6.45) is 0. The Balaban J connectivity index is 1.93. The summed E-state index contributed by atoms with van der Waals surface area (Å²) in [6.45, 7) is 1.47. The molecule has 0 aromatic heterocycles. The Morgan fingerprint density at radius 3 is 2.64 bits per heavy atom. The lowest BCUT2D eigenvalue weighted by molar-refractivity contribution is -0.119. The van der Waals surface area contributed by atoms with E-state index < -0.39 is 18.5 Å². The van der Waals surface area contributed by atoms with Crippen LogP contribution in [0.2, 0.25) is 5.02 Å². The molecule has 0 saturated heterocycles. The highest BCUT2D eigenvalue weighted by Crippen LogP contribution is 2.22. The number of carbonyl (C=O) groups excluding carboxylic acids is 2. The number of nitrogens with one attached hydrogen (secondary N) is 1. The number of hydrogen-bond acceptors (Lipinski definition) is 4. The standard InChI is InChI=1S/C16H15ClN2O3/c1-10-6-7-14(12(17)8-10)19-15(20)9-22-16(21)11-4-2-3-5-13(11)18/h2-8H,9,18H2,1H3,(H,19,20). The average Bonchev–Trinajstić information content (AvgIpc) is 2.48. The van der Waals surface area contributed by atoms with E-state index in [0.717, 1.165) is 5.56 Å². The Morgan fingerprint density at radius 1 is 1.23 bits per heavy atom. The molecule has 2 rings (SSSR count). The lowest BCUT2D eigenvalue weighted by atomic mass is 10.2. The SMILES string of the molecule is Cc1ccc(NC(=O)COC(=O)c2ccccc2N)c(Cl)c1. The van der Waals surface area contributed by atoms with Crippen LogP contribution in [0.4, 0.5) is 11.4 Å². The van der Waals surface area contributed by atoms with E-state index in [2.05, 4.69) is 5.32 Å². The van der Waals surface area contributed by atoms with Crippen molar-refractivity contribution in [1.29, 1.82) is 0 Å². The number of aryl methyl sites for hydroxylation is 1. The zero-order chi connectivity index (χ0) is 16.1. The molecule has 0 fully saturated rings. The fourth-order valence-corrected chi connectivity index (χ4v) is 2.08. The van der Waals surface area contributed by atoms with Gasteiger partial charge < -0.3 is 15.8 Å². The molecular weight excluding hydrogens is 304 g/mol. The number of rotatable bonds is 4. The Hall–Kier alpha value is -2.53. The van der Waals surface area contributed by atoms with Crippen LogP contribution in [0.15, 0.2) is 42.5 Å². The number of halogens is 1. The van der Waals surface area contributed by atoms with Crippen molar-refractivity contribution >= 4 is 34.9 Å². The van der Waals surface area contributed by atoms with Gasteiger partial charge in [-0.2, -0.15) is 0 Å². The molecule has 2 aromatic carbocycles. The van der Waals surface area contributed by atoms with Crippen LogP contribution in [0.25, 0.3) is 0 Å². The van der Waals surface area contributed by atoms with Crippen LogP contribution in [-0.4, -0.2) is 18.5 Å². The van der Waals surface area contributed by atoms with Crippen molar-refractivity contribution in [2.75, 3.05) is 17.7 Å². The molecule has 0 spiro atoms. The number of nitrogens with two attached hydrogens (primary N) is 1. The largest absolute Gasteiger partial charge is 0.452 e. The molecule has 5 nitrogen and oxygen atoms in total. The van der Waals surface area contributed by atoms with Crippen LogP contribution in [0.3, 0.4) is 0 Å². The molecule has 6 heteroatoms. The predicted molar refractivity (Wildman–Crippen MR) is 86.0 cm³/mol. The van der Waals surface area contributed by atoms with Gasteiger partial charge in [0.15, 0.2) is 6.61 Å². The van der Waals surface area contributed by atoms with Gasteiger partial charge in [0, 0.05) is 5.69 Å². The number of anilines is 2. The second-order valence-corrected chi connectivity index (χ2v) is 5.10. The molecule has 0 aliphatic rings. The van der Waals surface area contributed by atoms with Crippen LogP contribution in [-0.2, 0) is 9.53 Å². The highest BCUT2D eigenvalue weighted by Gasteiger charge is 2.13. The van der Waals surface area contributed by atoms with Crippen molar-refractivity contribution in [1.82, 2.24) is 0 Å². The van der Waals surface area contributed by atoms with Gasteiger partial charge in [0.1, 0.15) is 0 Å². The zero-order valence-corrected chi connectivity index (χ0v) is 12.7. The van der Waals surface area contributed by atoms with E-state index in [1.165, 1.54) is 6.07 Å². The first-order chi connectivity index (χ1) is 10.5. The monoisotopic (exact) mass is 318 g/mol. The zero-order valence-electron chi connectivity index (χ0n) is 11.9. The van der Waals surface area contributed by atoms with Gasteiger partial charge >= 0.3 is 5.97 Å². The second kappa shape index (κ2) is 6.95.